The number of aromatic carboxylic acids is 1. The number of thiophene rings is 1. The van der Waals surface area contributed by atoms with Gasteiger partial charge in [-0.05, 0) is 23.6 Å². The van der Waals surface area contributed by atoms with E-state index in [1.165, 1.54) is 17.4 Å². The Hall–Kier alpha value is -2.14. The zero-order valence-electron chi connectivity index (χ0n) is 8.71. The van der Waals surface area contributed by atoms with Gasteiger partial charge in [-0.25, -0.2) is 4.79 Å². The second-order valence-electron chi connectivity index (χ2n) is 3.32. The lowest BCUT2D eigenvalue weighted by molar-refractivity contribution is 0.0698. The normalized spacial score (nSPS) is 9.88. The maximum absolute atomic E-state index is 11.8. The second-order valence-corrected chi connectivity index (χ2v) is 4.10. The first-order valence-corrected chi connectivity index (χ1v) is 5.78. The van der Waals surface area contributed by atoms with Gasteiger partial charge in [0.25, 0.3) is 5.91 Å². The number of carbonyl (C=O) groups is 2. The Morgan fingerprint density at radius 1 is 1.18 bits per heavy atom. The van der Waals surface area contributed by atoms with Crippen molar-refractivity contribution >= 4 is 28.9 Å². The van der Waals surface area contributed by atoms with Crippen LogP contribution in [0.15, 0.2) is 41.1 Å². The fraction of sp³-hybridized carbons (Fsp3) is 0. The smallest absolute Gasteiger partial charge is 0.337 e. The first-order valence-electron chi connectivity index (χ1n) is 4.84. The van der Waals surface area contributed by atoms with E-state index >= 15 is 0 Å². The number of benzene rings is 1. The van der Waals surface area contributed by atoms with Gasteiger partial charge >= 0.3 is 5.97 Å². The highest BCUT2D eigenvalue weighted by Gasteiger charge is 2.12. The molecule has 1 amide bonds. The zero-order valence-corrected chi connectivity index (χ0v) is 9.53. The molecule has 2 aromatic rings. The number of nitrogens with one attached hydrogen (secondary N) is 1. The average molecular weight is 247 g/mol. The maximum atomic E-state index is 11.8. The van der Waals surface area contributed by atoms with E-state index in [4.69, 9.17) is 5.11 Å². The van der Waals surface area contributed by atoms with E-state index in [2.05, 4.69) is 5.32 Å². The number of anilines is 1. The minimum atomic E-state index is -1.06. The van der Waals surface area contributed by atoms with Crippen molar-refractivity contribution < 1.29 is 14.7 Å². The fourth-order valence-corrected chi connectivity index (χ4v) is 2.00. The summed E-state index contributed by atoms with van der Waals surface area (Å²) >= 11 is 1.41. The van der Waals surface area contributed by atoms with Crippen LogP contribution in [-0.2, 0) is 0 Å². The molecule has 0 aliphatic rings. The molecular weight excluding hydrogens is 238 g/mol. The molecule has 0 atom stereocenters. The van der Waals surface area contributed by atoms with Gasteiger partial charge in [0.05, 0.1) is 16.8 Å². The molecule has 0 fully saturated rings. The zero-order chi connectivity index (χ0) is 12.3. The predicted molar refractivity (Wildman–Crippen MR) is 65.7 cm³/mol. The van der Waals surface area contributed by atoms with Gasteiger partial charge in [0.15, 0.2) is 0 Å². The monoisotopic (exact) mass is 247 g/mol. The van der Waals surface area contributed by atoms with Crippen LogP contribution in [0.1, 0.15) is 20.7 Å². The van der Waals surface area contributed by atoms with Gasteiger partial charge in [-0.3, -0.25) is 4.79 Å². The molecule has 17 heavy (non-hydrogen) atoms. The Morgan fingerprint density at radius 3 is 2.59 bits per heavy atom. The van der Waals surface area contributed by atoms with Crippen LogP contribution in [-0.4, -0.2) is 17.0 Å². The van der Waals surface area contributed by atoms with Crippen LogP contribution in [0.4, 0.5) is 5.69 Å². The highest BCUT2D eigenvalue weighted by Crippen LogP contribution is 2.16. The minimum Gasteiger partial charge on any atom is -0.478 e. The molecule has 4 nitrogen and oxygen atoms in total. The average Bonchev–Trinajstić information content (AvgIpc) is 2.83. The molecule has 2 rings (SSSR count). The van der Waals surface area contributed by atoms with Crippen LogP contribution in [0.3, 0.4) is 0 Å². The Bertz CT molecular complexity index is 549. The van der Waals surface area contributed by atoms with Crippen LogP contribution in [0.5, 0.6) is 0 Å². The Balaban J connectivity index is 2.25. The van der Waals surface area contributed by atoms with Gasteiger partial charge in [0.2, 0.25) is 0 Å². The molecule has 5 heteroatoms. The van der Waals surface area contributed by atoms with Crippen molar-refractivity contribution in [2.45, 2.75) is 0 Å². The standard InChI is InChI=1S/C12H9NO3S/c14-11(8-5-6-17-7-8)13-10-4-2-1-3-9(10)12(15)16/h1-7H,(H,13,14)(H,15,16). The number of rotatable bonds is 3. The number of hydrogen-bond acceptors (Lipinski definition) is 3. The number of carboxylic acid groups (broad SMARTS) is 1. The number of carboxylic acids is 1. The van der Waals surface area contributed by atoms with Crippen LogP contribution >= 0.6 is 11.3 Å². The van der Waals surface area contributed by atoms with Crippen LogP contribution in [0.2, 0.25) is 0 Å². The van der Waals surface area contributed by atoms with E-state index in [1.54, 1.807) is 35.0 Å². The molecule has 0 unspecified atom stereocenters. The molecule has 1 aromatic heterocycles. The summed E-state index contributed by atoms with van der Waals surface area (Å²) in [6.07, 6.45) is 0. The summed E-state index contributed by atoms with van der Waals surface area (Å²) in [5, 5.41) is 15.0. The van der Waals surface area contributed by atoms with Crippen molar-refractivity contribution in [3.05, 3.63) is 52.2 Å². The van der Waals surface area contributed by atoms with Gasteiger partial charge in [-0.1, -0.05) is 12.1 Å². The van der Waals surface area contributed by atoms with Crippen molar-refractivity contribution in [3.8, 4) is 0 Å². The Kier molecular flexibility index (Phi) is 3.20. The quantitative estimate of drug-likeness (QED) is 0.876. The van der Waals surface area contributed by atoms with E-state index in [0.29, 0.717) is 11.3 Å². The molecule has 0 spiro atoms. The minimum absolute atomic E-state index is 0.0797. The van der Waals surface area contributed by atoms with Crippen LogP contribution in [0, 0.1) is 0 Å². The number of carbonyl (C=O) groups excluding carboxylic acids is 1. The molecular formula is C12H9NO3S. The number of hydrogen-bond donors (Lipinski definition) is 2. The van der Waals surface area contributed by atoms with E-state index in [1.807, 2.05) is 0 Å². The Morgan fingerprint density at radius 2 is 1.94 bits per heavy atom. The van der Waals surface area contributed by atoms with Crippen molar-refractivity contribution in [1.82, 2.24) is 0 Å². The summed E-state index contributed by atoms with van der Waals surface area (Å²) in [4.78, 5) is 22.7. The number of amides is 1. The largest absolute Gasteiger partial charge is 0.478 e. The molecule has 1 heterocycles. The van der Waals surface area contributed by atoms with Crippen LogP contribution < -0.4 is 5.32 Å². The maximum Gasteiger partial charge on any atom is 0.337 e. The highest BCUT2D eigenvalue weighted by molar-refractivity contribution is 7.08. The van der Waals surface area contributed by atoms with Crippen molar-refractivity contribution in [1.29, 1.82) is 0 Å². The first kappa shape index (κ1) is 11.3. The summed E-state index contributed by atoms with van der Waals surface area (Å²) in [5.74, 6) is -1.37. The van der Waals surface area contributed by atoms with Crippen LogP contribution in [0.25, 0.3) is 0 Å². The molecule has 86 valence electrons. The summed E-state index contributed by atoms with van der Waals surface area (Å²) < 4.78 is 0. The van der Waals surface area contributed by atoms with E-state index < -0.39 is 5.97 Å². The van der Waals surface area contributed by atoms with Gasteiger partial charge in [-0.2, -0.15) is 11.3 Å². The lowest BCUT2D eigenvalue weighted by Gasteiger charge is -2.06. The van der Waals surface area contributed by atoms with E-state index in [-0.39, 0.29) is 11.5 Å². The molecule has 0 aliphatic carbocycles. The third kappa shape index (κ3) is 2.51. The van der Waals surface area contributed by atoms with Gasteiger partial charge in [-0.15, -0.1) is 0 Å². The SMILES string of the molecule is O=C(Nc1ccccc1C(=O)O)c1ccsc1. The molecule has 1 aromatic carbocycles. The summed E-state index contributed by atoms with van der Waals surface area (Å²) in [6.45, 7) is 0. The van der Waals surface area contributed by atoms with Crippen molar-refractivity contribution in [3.63, 3.8) is 0 Å². The third-order valence-corrected chi connectivity index (χ3v) is 2.87. The predicted octanol–water partition coefficient (Wildman–Crippen LogP) is 2.70. The van der Waals surface area contributed by atoms with Gasteiger partial charge in [0, 0.05) is 5.38 Å². The topological polar surface area (TPSA) is 66.4 Å². The van der Waals surface area contributed by atoms with Gasteiger partial charge < -0.3 is 10.4 Å². The summed E-state index contributed by atoms with van der Waals surface area (Å²) in [7, 11) is 0. The van der Waals surface area contributed by atoms with E-state index in [0.717, 1.165) is 0 Å². The molecule has 2 N–H and O–H groups in total. The highest BCUT2D eigenvalue weighted by atomic mass is 32.1. The lowest BCUT2D eigenvalue weighted by Crippen LogP contribution is -2.13. The van der Waals surface area contributed by atoms with Crippen molar-refractivity contribution in [2.75, 3.05) is 5.32 Å². The Labute approximate surface area is 102 Å². The molecule has 0 saturated carbocycles. The number of para-hydroxylation sites is 1. The molecule has 0 saturated heterocycles. The summed E-state index contributed by atoms with van der Waals surface area (Å²) in [6, 6.07) is 7.99. The van der Waals surface area contributed by atoms with E-state index in [9.17, 15) is 9.59 Å². The van der Waals surface area contributed by atoms with Crippen molar-refractivity contribution in [2.24, 2.45) is 0 Å². The molecule has 0 aliphatic heterocycles. The van der Waals surface area contributed by atoms with Gasteiger partial charge in [0.1, 0.15) is 0 Å². The lowest BCUT2D eigenvalue weighted by atomic mass is 10.1. The summed E-state index contributed by atoms with van der Waals surface area (Å²) in [5.41, 5.74) is 0.905. The third-order valence-electron chi connectivity index (χ3n) is 2.19. The molecule has 0 bridgehead atoms. The first-order chi connectivity index (χ1) is 8.18. The molecule has 0 radical (unpaired) electrons. The second kappa shape index (κ2) is 4.80. The fourth-order valence-electron chi connectivity index (χ4n) is 1.37.